The number of urea groups is 1. The lowest BCUT2D eigenvalue weighted by molar-refractivity contribution is -0.135. The highest BCUT2D eigenvalue weighted by Gasteiger charge is 2.51. The minimum absolute atomic E-state index is 0.199. The summed E-state index contributed by atoms with van der Waals surface area (Å²) in [5.74, 6) is -0.548. The maximum absolute atomic E-state index is 12.5. The predicted octanol–water partition coefficient (Wildman–Crippen LogP) is 0.0962. The van der Waals surface area contributed by atoms with Crippen molar-refractivity contribution in [3.8, 4) is 0 Å². The lowest BCUT2D eigenvalue weighted by atomic mass is 9.82. The van der Waals surface area contributed by atoms with Gasteiger partial charge in [0.15, 0.2) is 0 Å². The van der Waals surface area contributed by atoms with Crippen molar-refractivity contribution < 1.29 is 14.4 Å². The van der Waals surface area contributed by atoms with Crippen LogP contribution in [0.25, 0.3) is 0 Å². The molecule has 2 fully saturated rings. The Hall–Kier alpha value is -1.63. The second-order valence-corrected chi connectivity index (χ2v) is 5.81. The fourth-order valence-electron chi connectivity index (χ4n) is 3.01. The van der Waals surface area contributed by atoms with Crippen molar-refractivity contribution >= 4 is 17.8 Å². The summed E-state index contributed by atoms with van der Waals surface area (Å²) in [6.45, 7) is 0.908. The van der Waals surface area contributed by atoms with E-state index < -0.39 is 11.6 Å². The van der Waals surface area contributed by atoms with E-state index in [1.807, 2.05) is 0 Å². The number of rotatable bonds is 6. The van der Waals surface area contributed by atoms with Gasteiger partial charge >= 0.3 is 6.03 Å². The average molecular weight is 296 g/mol. The molecule has 7 nitrogen and oxygen atoms in total. The number of imide groups is 1. The number of carbonyl (C=O) groups is 3. The van der Waals surface area contributed by atoms with Gasteiger partial charge in [-0.05, 0) is 32.2 Å². The molecule has 1 aliphatic carbocycles. The quantitative estimate of drug-likeness (QED) is 0.477. The minimum atomic E-state index is -0.755. The molecular weight excluding hydrogens is 272 g/mol. The Morgan fingerprint density at radius 2 is 1.95 bits per heavy atom. The molecule has 1 saturated heterocycles. The van der Waals surface area contributed by atoms with Gasteiger partial charge in [-0.15, -0.1) is 0 Å². The topological polar surface area (TPSA) is 105 Å². The number of hydrogen-bond donors (Lipinski definition) is 3. The van der Waals surface area contributed by atoms with Crippen LogP contribution in [0.5, 0.6) is 0 Å². The average Bonchev–Trinajstić information content (AvgIpc) is 2.69. The summed E-state index contributed by atoms with van der Waals surface area (Å²) in [6, 6.07) is -0.445. The number of nitrogens with two attached hydrogens (primary N) is 1. The van der Waals surface area contributed by atoms with Gasteiger partial charge in [-0.25, -0.2) is 4.79 Å². The molecule has 0 bridgehead atoms. The molecule has 0 unspecified atom stereocenters. The van der Waals surface area contributed by atoms with Gasteiger partial charge in [0.1, 0.15) is 12.1 Å². The smallest absolute Gasteiger partial charge is 0.325 e. The molecule has 0 aromatic heterocycles. The third-order valence-electron chi connectivity index (χ3n) is 4.21. The van der Waals surface area contributed by atoms with E-state index in [0.29, 0.717) is 25.9 Å². The maximum atomic E-state index is 12.5. The molecule has 1 aliphatic heterocycles. The summed E-state index contributed by atoms with van der Waals surface area (Å²) in [6.07, 6.45) is 5.94. The monoisotopic (exact) mass is 296 g/mol. The van der Waals surface area contributed by atoms with E-state index in [1.165, 1.54) is 0 Å². The largest absolute Gasteiger partial charge is 0.355 e. The fraction of sp³-hybridized carbons (Fsp3) is 0.786. The van der Waals surface area contributed by atoms with Crippen molar-refractivity contribution in [1.29, 1.82) is 0 Å². The van der Waals surface area contributed by atoms with Crippen LogP contribution in [0.2, 0.25) is 0 Å². The van der Waals surface area contributed by atoms with Gasteiger partial charge in [0.05, 0.1) is 0 Å². The van der Waals surface area contributed by atoms with Crippen molar-refractivity contribution in [3.05, 3.63) is 0 Å². The van der Waals surface area contributed by atoms with Gasteiger partial charge in [0, 0.05) is 6.54 Å². The Bertz CT molecular complexity index is 418. The summed E-state index contributed by atoms with van der Waals surface area (Å²) >= 11 is 0. The van der Waals surface area contributed by atoms with Crippen LogP contribution in [0.3, 0.4) is 0 Å². The Labute approximate surface area is 124 Å². The predicted molar refractivity (Wildman–Crippen MR) is 77.4 cm³/mol. The zero-order valence-electron chi connectivity index (χ0n) is 12.3. The maximum Gasteiger partial charge on any atom is 0.325 e. The molecule has 1 spiro atoms. The first-order valence-corrected chi connectivity index (χ1v) is 7.70. The molecule has 0 radical (unpaired) electrons. The van der Waals surface area contributed by atoms with Crippen LogP contribution in [0.15, 0.2) is 0 Å². The van der Waals surface area contributed by atoms with Crippen LogP contribution in [0.1, 0.15) is 44.9 Å². The summed E-state index contributed by atoms with van der Waals surface area (Å²) in [5.41, 5.74) is 4.62. The van der Waals surface area contributed by atoms with Gasteiger partial charge in [0.25, 0.3) is 5.91 Å². The van der Waals surface area contributed by atoms with Crippen LogP contribution in [0, 0.1) is 0 Å². The fourth-order valence-corrected chi connectivity index (χ4v) is 3.01. The number of amides is 4. The van der Waals surface area contributed by atoms with E-state index >= 15 is 0 Å². The molecule has 4 N–H and O–H groups in total. The van der Waals surface area contributed by atoms with Gasteiger partial charge in [-0.3, -0.25) is 14.5 Å². The first-order chi connectivity index (χ1) is 10.1. The SMILES string of the molecule is NCCCCNC(=O)CN1C(=O)NC2(CCCCC2)C1=O. The van der Waals surface area contributed by atoms with Gasteiger partial charge in [0.2, 0.25) is 5.91 Å². The van der Waals surface area contributed by atoms with Crippen LogP contribution in [-0.2, 0) is 9.59 Å². The zero-order chi connectivity index (χ0) is 15.3. The molecule has 2 rings (SSSR count). The molecule has 4 amide bonds. The van der Waals surface area contributed by atoms with E-state index in [9.17, 15) is 14.4 Å². The van der Waals surface area contributed by atoms with E-state index in [4.69, 9.17) is 5.73 Å². The summed E-state index contributed by atoms with van der Waals surface area (Å²) < 4.78 is 0. The highest BCUT2D eigenvalue weighted by molar-refractivity contribution is 6.09. The zero-order valence-corrected chi connectivity index (χ0v) is 12.3. The molecule has 0 atom stereocenters. The van der Waals surface area contributed by atoms with Gasteiger partial charge < -0.3 is 16.4 Å². The Morgan fingerprint density at radius 1 is 1.24 bits per heavy atom. The normalized spacial score (nSPS) is 20.7. The molecular formula is C14H24N4O3. The van der Waals surface area contributed by atoms with Crippen LogP contribution in [-0.4, -0.2) is 47.9 Å². The first kappa shape index (κ1) is 15.8. The lowest BCUT2D eigenvalue weighted by Gasteiger charge is -2.30. The van der Waals surface area contributed by atoms with Crippen molar-refractivity contribution in [2.24, 2.45) is 5.73 Å². The minimum Gasteiger partial charge on any atom is -0.355 e. The standard InChI is InChI=1S/C14H24N4O3/c15-8-4-5-9-16-11(19)10-18-12(20)14(17-13(18)21)6-2-1-3-7-14/h1-10,15H2,(H,16,19)(H,17,21). The van der Waals surface area contributed by atoms with E-state index in [1.54, 1.807) is 0 Å². The van der Waals surface area contributed by atoms with Gasteiger partial charge in [-0.1, -0.05) is 19.3 Å². The molecule has 7 heteroatoms. The summed E-state index contributed by atoms with van der Waals surface area (Å²) in [5, 5.41) is 5.50. The van der Waals surface area contributed by atoms with Crippen molar-refractivity contribution in [1.82, 2.24) is 15.5 Å². The number of unbranched alkanes of at least 4 members (excludes halogenated alkanes) is 1. The van der Waals surface area contributed by atoms with Crippen molar-refractivity contribution in [2.75, 3.05) is 19.6 Å². The molecule has 0 aromatic carbocycles. The van der Waals surface area contributed by atoms with E-state index in [-0.39, 0.29) is 18.4 Å². The molecule has 2 aliphatic rings. The highest BCUT2D eigenvalue weighted by atomic mass is 16.2. The Morgan fingerprint density at radius 3 is 2.62 bits per heavy atom. The van der Waals surface area contributed by atoms with Crippen molar-refractivity contribution in [2.45, 2.75) is 50.5 Å². The number of nitrogens with one attached hydrogen (secondary N) is 2. The first-order valence-electron chi connectivity index (χ1n) is 7.70. The molecule has 118 valence electrons. The number of hydrogen-bond acceptors (Lipinski definition) is 4. The van der Waals surface area contributed by atoms with Crippen LogP contribution >= 0.6 is 0 Å². The second-order valence-electron chi connectivity index (χ2n) is 5.81. The second kappa shape index (κ2) is 6.89. The van der Waals surface area contributed by atoms with E-state index in [0.717, 1.165) is 37.0 Å². The van der Waals surface area contributed by atoms with Crippen LogP contribution < -0.4 is 16.4 Å². The van der Waals surface area contributed by atoms with Crippen molar-refractivity contribution in [3.63, 3.8) is 0 Å². The number of nitrogens with zero attached hydrogens (tertiary/aromatic N) is 1. The molecule has 1 saturated carbocycles. The number of carbonyl (C=O) groups excluding carboxylic acids is 3. The summed E-state index contributed by atoms with van der Waals surface area (Å²) in [4.78, 5) is 37.3. The van der Waals surface area contributed by atoms with Gasteiger partial charge in [-0.2, -0.15) is 0 Å². The summed E-state index contributed by atoms with van der Waals surface area (Å²) in [7, 11) is 0. The Kier molecular flexibility index (Phi) is 5.17. The van der Waals surface area contributed by atoms with Crippen LogP contribution in [0.4, 0.5) is 4.79 Å². The molecule has 0 aromatic rings. The third kappa shape index (κ3) is 3.53. The molecule has 1 heterocycles. The lowest BCUT2D eigenvalue weighted by Crippen LogP contribution is -2.49. The Balaban J connectivity index is 1.87. The highest BCUT2D eigenvalue weighted by Crippen LogP contribution is 2.33. The molecule has 21 heavy (non-hydrogen) atoms. The third-order valence-corrected chi connectivity index (χ3v) is 4.21. The van der Waals surface area contributed by atoms with E-state index in [2.05, 4.69) is 10.6 Å².